The molecule has 1 aromatic carbocycles. The van der Waals surface area contributed by atoms with Crippen LogP contribution < -0.4 is 20.4 Å². The maximum Gasteiger partial charge on any atom is 0.171 e. The van der Waals surface area contributed by atoms with Gasteiger partial charge in [0.05, 0.1) is 37.8 Å². The van der Waals surface area contributed by atoms with E-state index in [-0.39, 0.29) is 0 Å². The summed E-state index contributed by atoms with van der Waals surface area (Å²) in [5, 5.41) is 7.81. The Bertz CT molecular complexity index is 689. The third-order valence-electron chi connectivity index (χ3n) is 6.39. The average Bonchev–Trinajstić information content (AvgIpc) is 2.77. The SMILES string of the molecule is C[C@@H]1CCCC[C@H]1NC(=S)Nc1ccc(N2CCOCC2)cc1N1CCOCC1. The number of rotatable bonds is 4. The summed E-state index contributed by atoms with van der Waals surface area (Å²) in [6, 6.07) is 7.14. The first-order valence-corrected chi connectivity index (χ1v) is 11.5. The first-order valence-electron chi connectivity index (χ1n) is 11.1. The Morgan fingerprint density at radius 2 is 1.62 bits per heavy atom. The zero-order valence-corrected chi connectivity index (χ0v) is 18.3. The second-order valence-electron chi connectivity index (χ2n) is 8.37. The van der Waals surface area contributed by atoms with E-state index < -0.39 is 0 Å². The van der Waals surface area contributed by atoms with Gasteiger partial charge in [-0.25, -0.2) is 0 Å². The lowest BCUT2D eigenvalue weighted by atomic mass is 9.86. The van der Waals surface area contributed by atoms with E-state index in [1.165, 1.54) is 37.1 Å². The van der Waals surface area contributed by atoms with Crippen LogP contribution in [0.3, 0.4) is 0 Å². The molecule has 2 heterocycles. The summed E-state index contributed by atoms with van der Waals surface area (Å²) in [5.41, 5.74) is 3.53. The van der Waals surface area contributed by atoms with Gasteiger partial charge >= 0.3 is 0 Å². The van der Waals surface area contributed by atoms with E-state index in [1.54, 1.807) is 0 Å². The Morgan fingerprint density at radius 1 is 0.966 bits per heavy atom. The van der Waals surface area contributed by atoms with Crippen LogP contribution >= 0.6 is 12.2 Å². The zero-order valence-electron chi connectivity index (χ0n) is 17.5. The molecule has 160 valence electrons. The van der Waals surface area contributed by atoms with Crippen molar-refractivity contribution < 1.29 is 9.47 Å². The van der Waals surface area contributed by atoms with Crippen molar-refractivity contribution in [3.8, 4) is 0 Å². The fraction of sp³-hybridized carbons (Fsp3) is 0.682. The minimum atomic E-state index is 0.475. The van der Waals surface area contributed by atoms with Gasteiger partial charge in [-0.3, -0.25) is 0 Å². The fourth-order valence-electron chi connectivity index (χ4n) is 4.57. The van der Waals surface area contributed by atoms with Crippen molar-refractivity contribution in [1.29, 1.82) is 0 Å². The van der Waals surface area contributed by atoms with Gasteiger partial charge in [0.2, 0.25) is 0 Å². The second-order valence-corrected chi connectivity index (χ2v) is 8.78. The van der Waals surface area contributed by atoms with Gasteiger partial charge in [-0.15, -0.1) is 0 Å². The van der Waals surface area contributed by atoms with Crippen molar-refractivity contribution in [3.63, 3.8) is 0 Å². The van der Waals surface area contributed by atoms with Gasteiger partial charge in [-0.1, -0.05) is 19.8 Å². The molecule has 3 fully saturated rings. The molecule has 2 saturated heterocycles. The standard InChI is InChI=1S/C22H34N4O2S/c1-17-4-2-3-5-19(17)23-22(29)24-20-7-6-18(25-8-12-27-13-9-25)16-21(20)26-10-14-28-15-11-26/h6-7,16-17,19H,2-5,8-15H2,1H3,(H2,23,24,29)/t17-,19-/m1/s1. The molecule has 7 heteroatoms. The fourth-order valence-corrected chi connectivity index (χ4v) is 4.83. The maximum atomic E-state index is 5.70. The minimum Gasteiger partial charge on any atom is -0.378 e. The summed E-state index contributed by atoms with van der Waals surface area (Å²) >= 11 is 5.70. The van der Waals surface area contributed by atoms with Crippen molar-refractivity contribution in [1.82, 2.24) is 5.32 Å². The summed E-state index contributed by atoms with van der Waals surface area (Å²) in [4.78, 5) is 4.80. The van der Waals surface area contributed by atoms with Crippen molar-refractivity contribution >= 4 is 34.4 Å². The molecule has 0 spiro atoms. The predicted molar refractivity (Wildman–Crippen MR) is 123 cm³/mol. The monoisotopic (exact) mass is 418 g/mol. The zero-order chi connectivity index (χ0) is 20.1. The number of hydrogen-bond donors (Lipinski definition) is 2. The lowest BCUT2D eigenvalue weighted by molar-refractivity contribution is 0.122. The largest absolute Gasteiger partial charge is 0.378 e. The van der Waals surface area contributed by atoms with Crippen LogP contribution in [0.2, 0.25) is 0 Å². The number of nitrogens with one attached hydrogen (secondary N) is 2. The van der Waals surface area contributed by atoms with Crippen LogP contribution in [0, 0.1) is 5.92 Å². The Kier molecular flexibility index (Phi) is 7.11. The van der Waals surface area contributed by atoms with E-state index in [4.69, 9.17) is 21.7 Å². The topological polar surface area (TPSA) is 49.0 Å². The lowest BCUT2D eigenvalue weighted by Crippen LogP contribution is -2.43. The van der Waals surface area contributed by atoms with Gasteiger partial charge in [0.1, 0.15) is 0 Å². The highest BCUT2D eigenvalue weighted by Gasteiger charge is 2.23. The van der Waals surface area contributed by atoms with Crippen LogP contribution in [0.1, 0.15) is 32.6 Å². The van der Waals surface area contributed by atoms with Crippen LogP contribution in [0.4, 0.5) is 17.1 Å². The third kappa shape index (κ3) is 5.32. The highest BCUT2D eigenvalue weighted by Crippen LogP contribution is 2.32. The van der Waals surface area contributed by atoms with Crippen LogP contribution in [0.25, 0.3) is 0 Å². The number of nitrogens with zero attached hydrogens (tertiary/aromatic N) is 2. The number of benzene rings is 1. The summed E-state index contributed by atoms with van der Waals surface area (Å²) in [6.07, 6.45) is 5.12. The summed E-state index contributed by atoms with van der Waals surface area (Å²) in [6.45, 7) is 9.13. The Hall–Kier alpha value is -1.57. The molecule has 0 bridgehead atoms. The van der Waals surface area contributed by atoms with E-state index in [1.807, 2.05) is 0 Å². The molecule has 1 aromatic rings. The molecular weight excluding hydrogens is 384 g/mol. The minimum absolute atomic E-state index is 0.475. The third-order valence-corrected chi connectivity index (χ3v) is 6.61. The molecule has 2 aliphatic heterocycles. The molecule has 1 saturated carbocycles. The lowest BCUT2D eigenvalue weighted by Gasteiger charge is -2.34. The van der Waals surface area contributed by atoms with Crippen LogP contribution in [0.15, 0.2) is 18.2 Å². The van der Waals surface area contributed by atoms with E-state index in [0.29, 0.717) is 12.0 Å². The van der Waals surface area contributed by atoms with E-state index in [9.17, 15) is 0 Å². The number of thiocarbonyl (C=S) groups is 1. The second kappa shape index (κ2) is 9.96. The molecule has 6 nitrogen and oxygen atoms in total. The van der Waals surface area contributed by atoms with Gasteiger partial charge in [-0.05, 0) is 49.2 Å². The molecule has 2 N–H and O–H groups in total. The van der Waals surface area contributed by atoms with Gasteiger partial charge in [0, 0.05) is 37.9 Å². The number of hydrogen-bond acceptors (Lipinski definition) is 5. The number of ether oxygens (including phenoxy) is 2. The molecule has 29 heavy (non-hydrogen) atoms. The van der Waals surface area contributed by atoms with Crippen molar-refractivity contribution in [2.45, 2.75) is 38.6 Å². The number of anilines is 3. The quantitative estimate of drug-likeness (QED) is 0.728. The molecule has 4 rings (SSSR count). The van der Waals surface area contributed by atoms with Crippen molar-refractivity contribution in [2.24, 2.45) is 5.92 Å². The molecular formula is C22H34N4O2S. The van der Waals surface area contributed by atoms with Crippen molar-refractivity contribution in [3.05, 3.63) is 18.2 Å². The van der Waals surface area contributed by atoms with Gasteiger partial charge < -0.3 is 29.9 Å². The van der Waals surface area contributed by atoms with Crippen LogP contribution in [-0.2, 0) is 9.47 Å². The summed E-state index contributed by atoms with van der Waals surface area (Å²) in [5.74, 6) is 0.672. The highest BCUT2D eigenvalue weighted by atomic mass is 32.1. The predicted octanol–water partition coefficient (Wildman–Crippen LogP) is 3.22. The maximum absolute atomic E-state index is 5.70. The van der Waals surface area contributed by atoms with Gasteiger partial charge in [0.25, 0.3) is 0 Å². The highest BCUT2D eigenvalue weighted by molar-refractivity contribution is 7.80. The Balaban J connectivity index is 1.50. The molecule has 0 unspecified atom stereocenters. The Morgan fingerprint density at radius 3 is 2.31 bits per heavy atom. The average molecular weight is 419 g/mol. The molecule has 0 radical (unpaired) electrons. The molecule has 2 atom stereocenters. The van der Waals surface area contributed by atoms with Gasteiger partial charge in [0.15, 0.2) is 5.11 Å². The van der Waals surface area contributed by atoms with E-state index in [0.717, 1.165) is 63.4 Å². The van der Waals surface area contributed by atoms with Crippen LogP contribution in [0.5, 0.6) is 0 Å². The first kappa shape index (κ1) is 20.7. The Labute approximate surface area is 179 Å². The molecule has 1 aliphatic carbocycles. The summed E-state index contributed by atoms with van der Waals surface area (Å²) < 4.78 is 11.1. The van der Waals surface area contributed by atoms with Crippen LogP contribution in [-0.4, -0.2) is 63.8 Å². The van der Waals surface area contributed by atoms with Crippen molar-refractivity contribution in [2.75, 3.05) is 67.7 Å². The molecule has 0 amide bonds. The summed E-state index contributed by atoms with van der Waals surface area (Å²) in [7, 11) is 0. The van der Waals surface area contributed by atoms with E-state index >= 15 is 0 Å². The molecule has 3 aliphatic rings. The van der Waals surface area contributed by atoms with E-state index in [2.05, 4.69) is 45.6 Å². The first-order chi connectivity index (χ1) is 14.2. The van der Waals surface area contributed by atoms with Gasteiger partial charge in [-0.2, -0.15) is 0 Å². The smallest absolute Gasteiger partial charge is 0.171 e. The number of morpholine rings is 2. The molecule has 0 aromatic heterocycles. The normalized spacial score (nSPS) is 25.6.